The Hall–Kier alpha value is -1.97. The average Bonchev–Trinajstić information content (AvgIpc) is 2.39. The third-order valence-corrected chi connectivity index (χ3v) is 2.53. The third kappa shape index (κ3) is 3.00. The summed E-state index contributed by atoms with van der Waals surface area (Å²) in [6.45, 7) is 2.06. The lowest BCUT2D eigenvalue weighted by molar-refractivity contribution is 0.899. The van der Waals surface area contributed by atoms with Crippen LogP contribution >= 0.6 is 0 Å². The molecule has 0 aliphatic rings. The molecule has 0 aliphatic carbocycles. The maximum atomic E-state index is 4.52. The highest BCUT2D eigenvalue weighted by Gasteiger charge is 2.03. The summed E-state index contributed by atoms with van der Waals surface area (Å²) >= 11 is 0. The number of hydrogen-bond acceptors (Lipinski definition) is 4. The Morgan fingerprint density at radius 1 is 1.18 bits per heavy atom. The minimum Gasteiger partial charge on any atom is -0.373 e. The molecule has 0 aromatic carbocycles. The van der Waals surface area contributed by atoms with Crippen LogP contribution in [0.1, 0.15) is 24.0 Å². The van der Waals surface area contributed by atoms with Gasteiger partial charge in [-0.15, -0.1) is 0 Å². The van der Waals surface area contributed by atoms with E-state index >= 15 is 0 Å². The molecule has 0 radical (unpaired) electrons. The van der Waals surface area contributed by atoms with Crippen molar-refractivity contribution in [2.24, 2.45) is 0 Å². The summed E-state index contributed by atoms with van der Waals surface area (Å²) in [6.07, 6.45) is 5.26. The molecule has 0 fully saturated rings. The van der Waals surface area contributed by atoms with E-state index in [1.165, 1.54) is 5.56 Å². The van der Waals surface area contributed by atoms with Crippen LogP contribution in [0.25, 0.3) is 0 Å². The van der Waals surface area contributed by atoms with Crippen molar-refractivity contribution >= 4 is 5.82 Å². The number of anilines is 1. The van der Waals surface area contributed by atoms with E-state index < -0.39 is 0 Å². The SMILES string of the molecule is CCc1nc(Cc2ccncc2)cc(NC)n1. The van der Waals surface area contributed by atoms with E-state index in [4.69, 9.17) is 0 Å². The van der Waals surface area contributed by atoms with E-state index in [2.05, 4.69) is 27.2 Å². The molecule has 0 saturated carbocycles. The van der Waals surface area contributed by atoms with Gasteiger partial charge in [0.2, 0.25) is 0 Å². The molecule has 4 nitrogen and oxygen atoms in total. The van der Waals surface area contributed by atoms with Crippen LogP contribution in [0, 0.1) is 0 Å². The van der Waals surface area contributed by atoms with Gasteiger partial charge in [-0.2, -0.15) is 0 Å². The van der Waals surface area contributed by atoms with Crippen LogP contribution in [0.4, 0.5) is 5.82 Å². The highest BCUT2D eigenvalue weighted by Crippen LogP contribution is 2.11. The Bertz CT molecular complexity index is 460. The third-order valence-electron chi connectivity index (χ3n) is 2.53. The highest BCUT2D eigenvalue weighted by atomic mass is 15.0. The van der Waals surface area contributed by atoms with Gasteiger partial charge in [-0.05, 0) is 17.7 Å². The number of rotatable bonds is 4. The van der Waals surface area contributed by atoms with E-state index in [1.807, 2.05) is 25.2 Å². The van der Waals surface area contributed by atoms with Crippen LogP contribution in [0.3, 0.4) is 0 Å². The first kappa shape index (κ1) is 11.5. The summed E-state index contributed by atoms with van der Waals surface area (Å²) in [5.74, 6) is 1.75. The quantitative estimate of drug-likeness (QED) is 0.870. The van der Waals surface area contributed by atoms with Gasteiger partial charge in [0.05, 0.1) is 5.69 Å². The number of hydrogen-bond donors (Lipinski definition) is 1. The molecule has 1 N–H and O–H groups in total. The van der Waals surface area contributed by atoms with Crippen LogP contribution in [0.2, 0.25) is 0 Å². The maximum absolute atomic E-state index is 4.52. The molecule has 0 spiro atoms. The lowest BCUT2D eigenvalue weighted by Crippen LogP contribution is -2.03. The number of nitrogens with one attached hydrogen (secondary N) is 1. The van der Waals surface area contributed by atoms with Gasteiger partial charge in [-0.3, -0.25) is 4.98 Å². The molecular weight excluding hydrogens is 212 g/mol. The molecule has 0 unspecified atom stereocenters. The largest absolute Gasteiger partial charge is 0.373 e. The average molecular weight is 228 g/mol. The maximum Gasteiger partial charge on any atom is 0.130 e. The molecule has 2 rings (SSSR count). The molecule has 0 saturated heterocycles. The first-order valence-corrected chi connectivity index (χ1v) is 5.75. The van der Waals surface area contributed by atoms with Crippen LogP contribution in [0.5, 0.6) is 0 Å². The molecule has 4 heteroatoms. The Labute approximate surface area is 101 Å². The van der Waals surface area contributed by atoms with Gasteiger partial charge in [0, 0.05) is 38.3 Å². The molecule has 17 heavy (non-hydrogen) atoms. The van der Waals surface area contributed by atoms with Crippen LogP contribution in [-0.2, 0) is 12.8 Å². The molecule has 0 bridgehead atoms. The van der Waals surface area contributed by atoms with Gasteiger partial charge < -0.3 is 5.32 Å². The van der Waals surface area contributed by atoms with E-state index in [0.29, 0.717) is 0 Å². The van der Waals surface area contributed by atoms with Crippen molar-refractivity contribution in [2.75, 3.05) is 12.4 Å². The fraction of sp³-hybridized carbons (Fsp3) is 0.308. The van der Waals surface area contributed by atoms with E-state index in [9.17, 15) is 0 Å². The van der Waals surface area contributed by atoms with Crippen molar-refractivity contribution in [3.8, 4) is 0 Å². The second-order valence-corrected chi connectivity index (χ2v) is 3.80. The van der Waals surface area contributed by atoms with Crippen LogP contribution in [0.15, 0.2) is 30.6 Å². The minimum absolute atomic E-state index is 0.812. The zero-order chi connectivity index (χ0) is 12.1. The summed E-state index contributed by atoms with van der Waals surface area (Å²) in [5.41, 5.74) is 2.25. The van der Waals surface area contributed by atoms with Crippen molar-refractivity contribution in [3.05, 3.63) is 47.7 Å². The highest BCUT2D eigenvalue weighted by molar-refractivity contribution is 5.36. The smallest absolute Gasteiger partial charge is 0.130 e. The fourth-order valence-electron chi connectivity index (χ4n) is 1.64. The van der Waals surface area contributed by atoms with Gasteiger partial charge in [-0.25, -0.2) is 9.97 Å². The Balaban J connectivity index is 2.26. The van der Waals surface area contributed by atoms with Crippen LogP contribution < -0.4 is 5.32 Å². The first-order chi connectivity index (χ1) is 8.31. The summed E-state index contributed by atoms with van der Waals surface area (Å²) in [6, 6.07) is 6.00. The normalized spacial score (nSPS) is 10.2. The van der Waals surface area contributed by atoms with Crippen molar-refractivity contribution in [3.63, 3.8) is 0 Å². The van der Waals surface area contributed by atoms with Gasteiger partial charge in [0.25, 0.3) is 0 Å². The molecular formula is C13H16N4. The molecule has 0 aliphatic heterocycles. The van der Waals surface area contributed by atoms with E-state index in [1.54, 1.807) is 12.4 Å². The molecule has 2 heterocycles. The monoisotopic (exact) mass is 228 g/mol. The zero-order valence-electron chi connectivity index (χ0n) is 10.1. The molecule has 88 valence electrons. The standard InChI is InChI=1S/C13H16N4/c1-3-12-16-11(9-13(14-2)17-12)8-10-4-6-15-7-5-10/h4-7,9H,3,8H2,1-2H3,(H,14,16,17). The van der Waals surface area contributed by atoms with Gasteiger partial charge in [-0.1, -0.05) is 6.92 Å². The number of nitrogens with zero attached hydrogens (tertiary/aromatic N) is 3. The van der Waals surface area contributed by atoms with Gasteiger partial charge >= 0.3 is 0 Å². The van der Waals surface area contributed by atoms with Crippen molar-refractivity contribution < 1.29 is 0 Å². The summed E-state index contributed by atoms with van der Waals surface area (Å²) in [4.78, 5) is 12.9. The van der Waals surface area contributed by atoms with Gasteiger partial charge in [0.15, 0.2) is 0 Å². The topological polar surface area (TPSA) is 50.7 Å². The second-order valence-electron chi connectivity index (χ2n) is 3.80. The molecule has 0 amide bonds. The molecule has 2 aromatic rings. The van der Waals surface area contributed by atoms with E-state index in [0.717, 1.165) is 30.2 Å². The van der Waals surface area contributed by atoms with Gasteiger partial charge in [0.1, 0.15) is 11.6 Å². The number of aryl methyl sites for hydroxylation is 1. The van der Waals surface area contributed by atoms with Crippen molar-refractivity contribution in [2.45, 2.75) is 19.8 Å². The van der Waals surface area contributed by atoms with Crippen molar-refractivity contribution in [1.82, 2.24) is 15.0 Å². The summed E-state index contributed by atoms with van der Waals surface area (Å²) in [7, 11) is 1.87. The van der Waals surface area contributed by atoms with E-state index in [-0.39, 0.29) is 0 Å². The van der Waals surface area contributed by atoms with Crippen molar-refractivity contribution in [1.29, 1.82) is 0 Å². The minimum atomic E-state index is 0.812. The first-order valence-electron chi connectivity index (χ1n) is 5.75. The lowest BCUT2D eigenvalue weighted by atomic mass is 10.1. The zero-order valence-corrected chi connectivity index (χ0v) is 10.1. The second kappa shape index (κ2) is 5.39. The number of aromatic nitrogens is 3. The predicted molar refractivity (Wildman–Crippen MR) is 68.0 cm³/mol. The lowest BCUT2D eigenvalue weighted by Gasteiger charge is -2.06. The summed E-state index contributed by atoms with van der Waals surface area (Å²) < 4.78 is 0. The predicted octanol–water partition coefficient (Wildman–Crippen LogP) is 2.07. The fourth-order valence-corrected chi connectivity index (χ4v) is 1.64. The Morgan fingerprint density at radius 3 is 2.59 bits per heavy atom. The molecule has 2 aromatic heterocycles. The van der Waals surface area contributed by atoms with Crippen LogP contribution in [-0.4, -0.2) is 22.0 Å². The number of pyridine rings is 1. The molecule has 0 atom stereocenters. The summed E-state index contributed by atoms with van der Waals surface area (Å²) in [5, 5.41) is 3.06. The Morgan fingerprint density at radius 2 is 1.94 bits per heavy atom. The Kier molecular flexibility index (Phi) is 3.65.